The summed E-state index contributed by atoms with van der Waals surface area (Å²) in [5.41, 5.74) is 0.655. The average molecular weight is 459 g/mol. The Balaban J connectivity index is 1.63. The summed E-state index contributed by atoms with van der Waals surface area (Å²) in [5.74, 6) is 2.16. The van der Waals surface area contributed by atoms with Crippen molar-refractivity contribution in [2.45, 2.75) is 18.9 Å². The van der Waals surface area contributed by atoms with Gasteiger partial charge < -0.3 is 23.7 Å². The Morgan fingerprint density at radius 2 is 1.78 bits per heavy atom. The second-order valence-electron chi connectivity index (χ2n) is 7.22. The first kappa shape index (κ1) is 22.2. The van der Waals surface area contributed by atoms with Crippen LogP contribution >= 0.6 is 11.3 Å². The van der Waals surface area contributed by atoms with E-state index in [1.54, 1.807) is 38.4 Å². The van der Waals surface area contributed by atoms with Gasteiger partial charge in [0, 0.05) is 6.61 Å². The molecule has 0 N–H and O–H groups in total. The predicted molar refractivity (Wildman–Crippen MR) is 123 cm³/mol. The molecule has 3 aromatic rings. The number of fused-ring (bicyclic) bond motifs is 1. The van der Waals surface area contributed by atoms with Crippen molar-refractivity contribution in [1.29, 1.82) is 0 Å². The number of carbonyl (C=O) groups excluding carboxylic acids is 1. The van der Waals surface area contributed by atoms with Gasteiger partial charge in [-0.15, -0.1) is 0 Å². The lowest BCUT2D eigenvalue weighted by Gasteiger charge is -2.23. The van der Waals surface area contributed by atoms with Crippen LogP contribution in [0.15, 0.2) is 36.4 Å². The number of thiazole rings is 1. The topological polar surface area (TPSA) is 79.4 Å². The Morgan fingerprint density at radius 1 is 1.06 bits per heavy atom. The Bertz CT molecular complexity index is 1040. The molecule has 170 valence electrons. The average Bonchev–Trinajstić information content (AvgIpc) is 3.50. The minimum absolute atomic E-state index is 0.0407. The molecule has 0 spiro atoms. The number of amides is 1. The van der Waals surface area contributed by atoms with E-state index < -0.39 is 0 Å². The van der Waals surface area contributed by atoms with Gasteiger partial charge in [0.05, 0.1) is 34.0 Å². The van der Waals surface area contributed by atoms with Crippen LogP contribution in [0.3, 0.4) is 0 Å². The normalized spacial score (nSPS) is 15.5. The van der Waals surface area contributed by atoms with Crippen LogP contribution in [-0.4, -0.2) is 58.1 Å². The zero-order valence-electron chi connectivity index (χ0n) is 18.3. The molecule has 8 nitrogen and oxygen atoms in total. The van der Waals surface area contributed by atoms with Crippen molar-refractivity contribution >= 4 is 32.6 Å². The molecule has 1 aromatic heterocycles. The second-order valence-corrected chi connectivity index (χ2v) is 8.20. The van der Waals surface area contributed by atoms with E-state index in [1.165, 1.54) is 11.3 Å². The SMILES string of the molecule is COc1ccccc1OCC(=O)N(CC1CCCO1)c1nc2c(OC)ccc(OC)c2s1. The second kappa shape index (κ2) is 10.1. The summed E-state index contributed by atoms with van der Waals surface area (Å²) in [6.07, 6.45) is 1.83. The highest BCUT2D eigenvalue weighted by molar-refractivity contribution is 7.22. The van der Waals surface area contributed by atoms with Gasteiger partial charge in [-0.25, -0.2) is 4.98 Å². The minimum Gasteiger partial charge on any atom is -0.495 e. The van der Waals surface area contributed by atoms with Gasteiger partial charge in [0.2, 0.25) is 0 Å². The lowest BCUT2D eigenvalue weighted by molar-refractivity contribution is -0.121. The maximum atomic E-state index is 13.3. The summed E-state index contributed by atoms with van der Waals surface area (Å²) < 4.78 is 28.7. The van der Waals surface area contributed by atoms with Crippen LogP contribution in [0.2, 0.25) is 0 Å². The van der Waals surface area contributed by atoms with Crippen LogP contribution in [0.4, 0.5) is 5.13 Å². The third-order valence-electron chi connectivity index (χ3n) is 5.26. The van der Waals surface area contributed by atoms with Crippen LogP contribution in [-0.2, 0) is 9.53 Å². The first-order chi connectivity index (χ1) is 15.6. The van der Waals surface area contributed by atoms with Crippen molar-refractivity contribution in [3.8, 4) is 23.0 Å². The fourth-order valence-electron chi connectivity index (χ4n) is 3.62. The molecule has 1 amide bonds. The molecule has 0 bridgehead atoms. The fourth-order valence-corrected chi connectivity index (χ4v) is 4.72. The maximum Gasteiger partial charge on any atom is 0.266 e. The Hall–Kier alpha value is -3.04. The highest BCUT2D eigenvalue weighted by Crippen LogP contribution is 2.40. The number of anilines is 1. The minimum atomic E-state index is -0.219. The largest absolute Gasteiger partial charge is 0.495 e. The Kier molecular flexibility index (Phi) is 6.96. The quantitative estimate of drug-likeness (QED) is 0.481. The molecule has 2 heterocycles. The van der Waals surface area contributed by atoms with Crippen molar-refractivity contribution in [3.05, 3.63) is 36.4 Å². The monoisotopic (exact) mass is 458 g/mol. The van der Waals surface area contributed by atoms with Crippen LogP contribution in [0.25, 0.3) is 10.2 Å². The predicted octanol–water partition coefficient (Wildman–Crippen LogP) is 3.91. The molecule has 9 heteroatoms. The number of rotatable bonds is 9. The van der Waals surface area contributed by atoms with Gasteiger partial charge in [-0.05, 0) is 37.1 Å². The highest BCUT2D eigenvalue weighted by Gasteiger charge is 2.28. The lowest BCUT2D eigenvalue weighted by atomic mass is 10.2. The van der Waals surface area contributed by atoms with Crippen LogP contribution in [0, 0.1) is 0 Å². The molecule has 1 saturated heterocycles. The summed E-state index contributed by atoms with van der Waals surface area (Å²) in [7, 11) is 4.77. The third kappa shape index (κ3) is 4.58. The van der Waals surface area contributed by atoms with Crippen molar-refractivity contribution in [2.75, 3.05) is 46.0 Å². The van der Waals surface area contributed by atoms with E-state index in [2.05, 4.69) is 0 Å². The van der Waals surface area contributed by atoms with Gasteiger partial charge in [-0.1, -0.05) is 23.5 Å². The highest BCUT2D eigenvalue weighted by atomic mass is 32.1. The van der Waals surface area contributed by atoms with Gasteiger partial charge >= 0.3 is 0 Å². The zero-order chi connectivity index (χ0) is 22.5. The number of aromatic nitrogens is 1. The maximum absolute atomic E-state index is 13.3. The van der Waals surface area contributed by atoms with E-state index in [0.29, 0.717) is 46.8 Å². The molecule has 32 heavy (non-hydrogen) atoms. The summed E-state index contributed by atoms with van der Waals surface area (Å²) >= 11 is 1.38. The number of para-hydroxylation sites is 2. The molecule has 0 radical (unpaired) electrons. The molecule has 1 aliphatic rings. The van der Waals surface area contributed by atoms with E-state index in [1.807, 2.05) is 24.3 Å². The van der Waals surface area contributed by atoms with E-state index in [0.717, 1.165) is 17.5 Å². The van der Waals surface area contributed by atoms with Gasteiger partial charge in [0.25, 0.3) is 5.91 Å². The first-order valence-corrected chi connectivity index (χ1v) is 11.2. The number of hydrogen-bond acceptors (Lipinski definition) is 8. The molecule has 0 aliphatic carbocycles. The summed E-state index contributed by atoms with van der Waals surface area (Å²) in [6.45, 7) is 0.946. The summed E-state index contributed by atoms with van der Waals surface area (Å²) in [6, 6.07) is 10.9. The fraction of sp³-hybridized carbons (Fsp3) is 0.391. The molecule has 4 rings (SSSR count). The van der Waals surface area contributed by atoms with Crippen molar-refractivity contribution in [3.63, 3.8) is 0 Å². The zero-order valence-corrected chi connectivity index (χ0v) is 19.1. The van der Waals surface area contributed by atoms with Crippen molar-refractivity contribution < 1.29 is 28.5 Å². The molecule has 1 atom stereocenters. The molecule has 1 unspecified atom stereocenters. The standard InChI is InChI=1S/C23H26N2O6S/c1-27-16-8-4-5-9-17(16)31-14-20(26)25(13-15-7-6-12-30-15)23-24-21-18(28-2)10-11-19(29-3)22(21)32-23/h4-5,8-11,15H,6-7,12-14H2,1-3H3. The molecule has 1 aliphatic heterocycles. The number of nitrogens with zero attached hydrogens (tertiary/aromatic N) is 2. The van der Waals surface area contributed by atoms with Gasteiger partial charge in [0.1, 0.15) is 21.7 Å². The summed E-state index contributed by atoms with van der Waals surface area (Å²) in [4.78, 5) is 19.7. The van der Waals surface area contributed by atoms with Crippen molar-refractivity contribution in [2.24, 2.45) is 0 Å². The number of ether oxygens (including phenoxy) is 5. The summed E-state index contributed by atoms with van der Waals surface area (Å²) in [5, 5.41) is 0.548. The van der Waals surface area contributed by atoms with E-state index in [4.69, 9.17) is 28.7 Å². The Morgan fingerprint density at radius 3 is 2.47 bits per heavy atom. The number of carbonyl (C=O) groups is 1. The van der Waals surface area contributed by atoms with Crippen LogP contribution in [0.5, 0.6) is 23.0 Å². The molecular formula is C23H26N2O6S. The Labute approximate surface area is 190 Å². The molecule has 1 fully saturated rings. The molecule has 0 saturated carbocycles. The van der Waals surface area contributed by atoms with Gasteiger partial charge in [-0.2, -0.15) is 0 Å². The molecular weight excluding hydrogens is 432 g/mol. The van der Waals surface area contributed by atoms with E-state index in [9.17, 15) is 4.79 Å². The number of methoxy groups -OCH3 is 3. The smallest absolute Gasteiger partial charge is 0.266 e. The first-order valence-electron chi connectivity index (χ1n) is 10.3. The van der Waals surface area contributed by atoms with Crippen LogP contribution in [0.1, 0.15) is 12.8 Å². The van der Waals surface area contributed by atoms with Crippen molar-refractivity contribution in [1.82, 2.24) is 4.98 Å². The van der Waals surface area contributed by atoms with Gasteiger partial charge in [0.15, 0.2) is 23.2 Å². The van der Waals surface area contributed by atoms with Gasteiger partial charge in [-0.3, -0.25) is 9.69 Å². The number of hydrogen-bond donors (Lipinski definition) is 0. The molecule has 2 aromatic carbocycles. The third-order valence-corrected chi connectivity index (χ3v) is 6.35. The lowest BCUT2D eigenvalue weighted by Crippen LogP contribution is -2.40. The van der Waals surface area contributed by atoms with E-state index >= 15 is 0 Å². The number of benzene rings is 2. The van der Waals surface area contributed by atoms with Crippen LogP contribution < -0.4 is 23.8 Å². The van der Waals surface area contributed by atoms with E-state index in [-0.39, 0.29) is 18.6 Å².